The van der Waals surface area contributed by atoms with E-state index >= 15 is 0 Å². The first kappa shape index (κ1) is 19.8. The summed E-state index contributed by atoms with van der Waals surface area (Å²) in [5.41, 5.74) is 1.38. The molecule has 1 fully saturated rings. The van der Waals surface area contributed by atoms with Crippen LogP contribution in [0.1, 0.15) is 19.3 Å². The minimum Gasteiger partial charge on any atom is -0.367 e. The summed E-state index contributed by atoms with van der Waals surface area (Å²) in [6.07, 6.45) is 4.07. The molecule has 3 rings (SSSR count). The van der Waals surface area contributed by atoms with Gasteiger partial charge in [-0.2, -0.15) is 4.98 Å². The number of aromatic nitrogens is 2. The minimum atomic E-state index is -0.498. The zero-order chi connectivity index (χ0) is 19.8. The van der Waals surface area contributed by atoms with Crippen LogP contribution < -0.4 is 21.3 Å². The molecule has 0 radical (unpaired) electrons. The third-order valence-corrected chi connectivity index (χ3v) is 4.40. The van der Waals surface area contributed by atoms with Crippen LogP contribution in [0.4, 0.5) is 32.3 Å². The molecule has 0 saturated carbocycles. The van der Waals surface area contributed by atoms with Gasteiger partial charge < -0.3 is 26.2 Å². The van der Waals surface area contributed by atoms with E-state index in [1.807, 2.05) is 25.2 Å². The molecule has 1 aromatic heterocycles. The molecule has 1 aromatic carbocycles. The number of anilines is 4. The van der Waals surface area contributed by atoms with Gasteiger partial charge in [0.2, 0.25) is 5.95 Å². The van der Waals surface area contributed by atoms with E-state index in [2.05, 4.69) is 31.2 Å². The molecule has 0 aliphatic carbocycles. The van der Waals surface area contributed by atoms with E-state index in [9.17, 15) is 9.18 Å². The third-order valence-electron chi connectivity index (χ3n) is 4.40. The first-order chi connectivity index (χ1) is 13.7. The van der Waals surface area contributed by atoms with Gasteiger partial charge in [-0.3, -0.25) is 0 Å². The Morgan fingerprint density at radius 3 is 2.79 bits per heavy atom. The van der Waals surface area contributed by atoms with Gasteiger partial charge in [0.15, 0.2) is 11.6 Å². The number of carbonyl (C=O) groups is 1. The molecule has 0 bridgehead atoms. The second-order valence-corrected chi connectivity index (χ2v) is 6.60. The van der Waals surface area contributed by atoms with Gasteiger partial charge in [0, 0.05) is 31.0 Å². The van der Waals surface area contributed by atoms with Gasteiger partial charge in [0.05, 0.1) is 6.20 Å². The van der Waals surface area contributed by atoms with Gasteiger partial charge in [-0.25, -0.2) is 14.2 Å². The predicted octanol–water partition coefficient (Wildman–Crippen LogP) is 3.01. The number of urea groups is 1. The van der Waals surface area contributed by atoms with Crippen LogP contribution in [0.2, 0.25) is 0 Å². The lowest BCUT2D eigenvalue weighted by Crippen LogP contribution is -2.32. The van der Waals surface area contributed by atoms with Crippen LogP contribution in [0.15, 0.2) is 30.5 Å². The SMILES string of the molecule is CNCCCNc1nc(Nc2cccc(NC(=O)N3CCCC3)c2)ncc1F. The van der Waals surface area contributed by atoms with E-state index in [1.165, 1.54) is 0 Å². The summed E-state index contributed by atoms with van der Waals surface area (Å²) in [7, 11) is 1.87. The summed E-state index contributed by atoms with van der Waals surface area (Å²) in [5, 5.41) is 12.0. The lowest BCUT2D eigenvalue weighted by Gasteiger charge is -2.16. The highest BCUT2D eigenvalue weighted by molar-refractivity contribution is 5.90. The van der Waals surface area contributed by atoms with Gasteiger partial charge in [0.25, 0.3) is 0 Å². The second kappa shape index (κ2) is 9.84. The fourth-order valence-corrected chi connectivity index (χ4v) is 2.95. The second-order valence-electron chi connectivity index (χ2n) is 6.60. The van der Waals surface area contributed by atoms with Crippen LogP contribution in [-0.2, 0) is 0 Å². The van der Waals surface area contributed by atoms with E-state index in [-0.39, 0.29) is 17.8 Å². The quantitative estimate of drug-likeness (QED) is 0.520. The number of nitrogens with one attached hydrogen (secondary N) is 4. The number of halogens is 1. The molecule has 2 heterocycles. The maximum Gasteiger partial charge on any atom is 0.321 e. The number of rotatable bonds is 8. The predicted molar refractivity (Wildman–Crippen MR) is 109 cm³/mol. The van der Waals surface area contributed by atoms with Crippen molar-refractivity contribution in [2.24, 2.45) is 0 Å². The zero-order valence-electron chi connectivity index (χ0n) is 16.0. The Kier molecular flexibility index (Phi) is 6.96. The largest absolute Gasteiger partial charge is 0.367 e. The van der Waals surface area contributed by atoms with Crippen LogP contribution >= 0.6 is 0 Å². The van der Waals surface area contributed by atoms with Gasteiger partial charge in [-0.05, 0) is 51.1 Å². The molecular weight excluding hydrogens is 361 g/mol. The minimum absolute atomic E-state index is 0.0965. The van der Waals surface area contributed by atoms with Crippen molar-refractivity contribution in [2.45, 2.75) is 19.3 Å². The topological polar surface area (TPSA) is 94.2 Å². The van der Waals surface area contributed by atoms with Crippen molar-refractivity contribution < 1.29 is 9.18 Å². The van der Waals surface area contributed by atoms with Crippen molar-refractivity contribution in [2.75, 3.05) is 49.2 Å². The summed E-state index contributed by atoms with van der Waals surface area (Å²) in [5.74, 6) is -0.0609. The van der Waals surface area contributed by atoms with Crippen molar-refractivity contribution in [3.05, 3.63) is 36.3 Å². The van der Waals surface area contributed by atoms with Crippen LogP contribution in [0.25, 0.3) is 0 Å². The molecule has 2 aromatic rings. The highest BCUT2D eigenvalue weighted by Crippen LogP contribution is 2.20. The molecule has 8 nitrogen and oxygen atoms in total. The number of hydrogen-bond donors (Lipinski definition) is 4. The van der Waals surface area contributed by atoms with Crippen molar-refractivity contribution in [1.82, 2.24) is 20.2 Å². The highest BCUT2D eigenvalue weighted by Gasteiger charge is 2.17. The molecule has 1 aliphatic rings. The summed E-state index contributed by atoms with van der Waals surface area (Å²) < 4.78 is 13.9. The molecule has 1 aliphatic heterocycles. The zero-order valence-corrected chi connectivity index (χ0v) is 16.0. The third kappa shape index (κ3) is 5.53. The van der Waals surface area contributed by atoms with Crippen molar-refractivity contribution in [1.29, 1.82) is 0 Å². The first-order valence-electron chi connectivity index (χ1n) is 9.50. The van der Waals surface area contributed by atoms with Crippen LogP contribution in [0.5, 0.6) is 0 Å². The molecular formula is C19H26FN7O. The average molecular weight is 387 g/mol. The van der Waals surface area contributed by atoms with E-state index in [0.29, 0.717) is 17.9 Å². The number of likely N-dealkylation sites (tertiary alicyclic amines) is 1. The smallest absolute Gasteiger partial charge is 0.321 e. The van der Waals surface area contributed by atoms with E-state index in [0.717, 1.165) is 45.1 Å². The Labute approximate surface area is 163 Å². The van der Waals surface area contributed by atoms with Gasteiger partial charge >= 0.3 is 6.03 Å². The monoisotopic (exact) mass is 387 g/mol. The molecule has 150 valence electrons. The van der Waals surface area contributed by atoms with E-state index in [4.69, 9.17) is 0 Å². The molecule has 0 atom stereocenters. The average Bonchev–Trinajstić information content (AvgIpc) is 3.23. The standard InChI is InChI=1S/C19H26FN7O/c1-21-8-5-9-22-17-16(20)13-23-18(26-17)24-14-6-4-7-15(12-14)25-19(28)27-10-2-3-11-27/h4,6-7,12-13,21H,2-3,5,8-11H2,1H3,(H,25,28)(H2,22,23,24,26). The molecule has 4 N–H and O–H groups in total. The summed E-state index contributed by atoms with van der Waals surface area (Å²) in [4.78, 5) is 22.2. The summed E-state index contributed by atoms with van der Waals surface area (Å²) in [6.45, 7) is 3.02. The van der Waals surface area contributed by atoms with Crippen molar-refractivity contribution in [3.63, 3.8) is 0 Å². The number of amides is 2. The number of carbonyl (C=O) groups excluding carboxylic acids is 1. The molecule has 9 heteroatoms. The molecule has 0 spiro atoms. The van der Waals surface area contributed by atoms with Gasteiger partial charge in [-0.15, -0.1) is 0 Å². The maximum absolute atomic E-state index is 13.9. The highest BCUT2D eigenvalue weighted by atomic mass is 19.1. The van der Waals surface area contributed by atoms with E-state index in [1.54, 1.807) is 11.0 Å². The normalized spacial score (nSPS) is 13.4. The Morgan fingerprint density at radius 1 is 1.21 bits per heavy atom. The van der Waals surface area contributed by atoms with Crippen LogP contribution in [0, 0.1) is 5.82 Å². The summed E-state index contributed by atoms with van der Waals surface area (Å²) in [6, 6.07) is 7.17. The molecule has 1 saturated heterocycles. The molecule has 28 heavy (non-hydrogen) atoms. The van der Waals surface area contributed by atoms with Crippen molar-refractivity contribution >= 4 is 29.2 Å². The Balaban J connectivity index is 1.62. The lowest BCUT2D eigenvalue weighted by atomic mass is 10.3. The van der Waals surface area contributed by atoms with E-state index < -0.39 is 5.82 Å². The Hall–Kier alpha value is -2.94. The lowest BCUT2D eigenvalue weighted by molar-refractivity contribution is 0.222. The number of hydrogen-bond acceptors (Lipinski definition) is 6. The number of benzene rings is 1. The first-order valence-corrected chi connectivity index (χ1v) is 9.50. The van der Waals surface area contributed by atoms with Crippen molar-refractivity contribution in [3.8, 4) is 0 Å². The molecule has 0 unspecified atom stereocenters. The maximum atomic E-state index is 13.9. The van der Waals surface area contributed by atoms with Gasteiger partial charge in [-0.1, -0.05) is 6.07 Å². The van der Waals surface area contributed by atoms with Gasteiger partial charge in [0.1, 0.15) is 0 Å². The number of nitrogens with zero attached hydrogens (tertiary/aromatic N) is 3. The fourth-order valence-electron chi connectivity index (χ4n) is 2.95. The summed E-state index contributed by atoms with van der Waals surface area (Å²) >= 11 is 0. The molecule has 2 amide bonds. The Morgan fingerprint density at radius 2 is 2.00 bits per heavy atom. The Bertz CT molecular complexity index is 796. The van der Waals surface area contributed by atoms with Crippen LogP contribution in [-0.4, -0.2) is 54.1 Å². The fraction of sp³-hybridized carbons (Fsp3) is 0.421. The van der Waals surface area contributed by atoms with Crippen LogP contribution in [0.3, 0.4) is 0 Å².